The smallest absolute Gasteiger partial charge is 0.164 e. The van der Waals surface area contributed by atoms with E-state index in [1.807, 2.05) is 85.1 Å². The molecule has 7 aromatic heterocycles. The Labute approximate surface area is 618 Å². The van der Waals surface area contributed by atoms with Crippen LogP contribution in [0.5, 0.6) is 0 Å². The Morgan fingerprint density at radius 2 is 0.528 bits per heavy atom. The first-order valence-corrected chi connectivity index (χ1v) is 36.6. The number of fused-ring (bicyclic) bond motifs is 9. The van der Waals surface area contributed by atoms with Crippen molar-refractivity contribution in [2.75, 3.05) is 0 Å². The Morgan fingerprint density at radius 3 is 0.962 bits per heavy atom. The van der Waals surface area contributed by atoms with Gasteiger partial charge in [0, 0.05) is 76.1 Å². The maximum atomic E-state index is 5.07. The van der Waals surface area contributed by atoms with Crippen molar-refractivity contribution in [1.29, 1.82) is 0 Å². The zero-order valence-electron chi connectivity index (χ0n) is 56.8. The molecule has 0 aliphatic rings. The van der Waals surface area contributed by atoms with E-state index in [4.69, 9.17) is 44.9 Å². The van der Waals surface area contributed by atoms with Gasteiger partial charge >= 0.3 is 0 Å². The summed E-state index contributed by atoms with van der Waals surface area (Å²) >= 11 is 3.48. The molecule has 20 aromatic rings. The van der Waals surface area contributed by atoms with E-state index in [-0.39, 0.29) is 0 Å². The van der Waals surface area contributed by atoms with E-state index < -0.39 is 0 Å². The highest BCUT2D eigenvalue weighted by molar-refractivity contribution is 7.26. The van der Waals surface area contributed by atoms with Gasteiger partial charge in [-0.2, -0.15) is 0 Å². The number of hydrogen-bond donors (Lipinski definition) is 0. The molecule has 0 radical (unpaired) electrons. The lowest BCUT2D eigenvalue weighted by molar-refractivity contribution is 1.07. The summed E-state index contributed by atoms with van der Waals surface area (Å²) in [4.78, 5) is 50.3. The highest BCUT2D eigenvalue weighted by Gasteiger charge is 2.20. The molecule has 0 N–H and O–H groups in total. The summed E-state index contributed by atoms with van der Waals surface area (Å²) in [6.45, 7) is 0. The van der Waals surface area contributed by atoms with Crippen LogP contribution >= 0.6 is 22.7 Å². The monoisotopic (exact) mass is 1390 g/mol. The number of pyridine rings is 2. The van der Waals surface area contributed by atoms with Gasteiger partial charge in [0.2, 0.25) is 0 Å². The van der Waals surface area contributed by atoms with Gasteiger partial charge < -0.3 is 0 Å². The maximum absolute atomic E-state index is 5.07. The van der Waals surface area contributed by atoms with Crippen LogP contribution in [0.1, 0.15) is 0 Å². The summed E-state index contributed by atoms with van der Waals surface area (Å²) in [5, 5.41) is 4.71. The molecule has 10 nitrogen and oxygen atoms in total. The first-order chi connectivity index (χ1) is 52.5. The minimum Gasteiger partial charge on any atom is -0.243 e. The third-order valence-corrected chi connectivity index (χ3v) is 21.5. The third kappa shape index (κ3) is 12.4. The zero-order chi connectivity index (χ0) is 70.3. The van der Waals surface area contributed by atoms with Gasteiger partial charge in [-0.3, -0.25) is 0 Å². The van der Waals surface area contributed by atoms with Gasteiger partial charge in [0.25, 0.3) is 0 Å². The number of rotatable bonds is 12. The van der Waals surface area contributed by atoms with Crippen LogP contribution in [0.25, 0.3) is 198 Å². The second-order valence-electron chi connectivity index (χ2n) is 25.9. The van der Waals surface area contributed by atoms with Crippen molar-refractivity contribution in [2.45, 2.75) is 0 Å². The molecule has 0 aliphatic carbocycles. The number of thiophene rings is 2. The molecule has 0 saturated carbocycles. The number of aromatic nitrogens is 10. The molecule has 13 aromatic carbocycles. The van der Waals surface area contributed by atoms with E-state index in [1.54, 1.807) is 22.7 Å². The Balaban J connectivity index is 0.000000145. The van der Waals surface area contributed by atoms with Crippen LogP contribution in [-0.2, 0) is 0 Å². The van der Waals surface area contributed by atoms with E-state index in [0.717, 1.165) is 127 Å². The van der Waals surface area contributed by atoms with Crippen molar-refractivity contribution in [3.63, 3.8) is 0 Å². The molecule has 0 fully saturated rings. The molecule has 0 unspecified atom stereocenters. The molecule has 20 rings (SSSR count). The summed E-state index contributed by atoms with van der Waals surface area (Å²) < 4.78 is 3.64. The normalized spacial score (nSPS) is 11.4. The molecule has 0 spiro atoms. The Bertz CT molecular complexity index is 6620. The average molecular weight is 1390 g/mol. The topological polar surface area (TPSA) is 129 Å². The highest BCUT2D eigenvalue weighted by Crippen LogP contribution is 2.43. The van der Waals surface area contributed by atoms with Gasteiger partial charge in [0.15, 0.2) is 40.6 Å². The average Bonchev–Trinajstić information content (AvgIpc) is 1.57. The van der Waals surface area contributed by atoms with E-state index in [1.165, 1.54) is 36.0 Å². The molecule has 7 heterocycles. The van der Waals surface area contributed by atoms with E-state index in [0.29, 0.717) is 34.9 Å². The zero-order valence-corrected chi connectivity index (χ0v) is 58.4. The second kappa shape index (κ2) is 27.5. The van der Waals surface area contributed by atoms with Crippen LogP contribution in [0.4, 0.5) is 0 Å². The summed E-state index contributed by atoms with van der Waals surface area (Å²) in [6, 6.07) is 119. The Morgan fingerprint density at radius 1 is 0.208 bits per heavy atom. The predicted molar refractivity (Wildman–Crippen MR) is 437 cm³/mol. The van der Waals surface area contributed by atoms with Crippen molar-refractivity contribution in [2.24, 2.45) is 0 Å². The molecule has 12 heteroatoms. The van der Waals surface area contributed by atoms with Gasteiger partial charge in [-0.15, -0.1) is 22.7 Å². The number of hydrogen-bond acceptors (Lipinski definition) is 12. The summed E-state index contributed by atoms with van der Waals surface area (Å²) in [6.07, 6.45) is 1.82. The quantitative estimate of drug-likeness (QED) is 0.117. The van der Waals surface area contributed by atoms with Crippen molar-refractivity contribution in [3.05, 3.63) is 352 Å². The van der Waals surface area contributed by atoms with Crippen molar-refractivity contribution in [1.82, 2.24) is 49.8 Å². The Hall–Kier alpha value is -13.8. The van der Waals surface area contributed by atoms with Gasteiger partial charge in [0.1, 0.15) is 10.3 Å². The van der Waals surface area contributed by atoms with Crippen LogP contribution in [0.2, 0.25) is 0 Å². The fourth-order valence-corrected chi connectivity index (χ4v) is 16.0. The van der Waals surface area contributed by atoms with Gasteiger partial charge in [-0.05, 0) is 92.0 Å². The molecule has 0 saturated heterocycles. The van der Waals surface area contributed by atoms with Crippen LogP contribution in [0.3, 0.4) is 0 Å². The molecule has 496 valence electrons. The lowest BCUT2D eigenvalue weighted by Crippen LogP contribution is -2.00. The predicted octanol–water partition coefficient (Wildman–Crippen LogP) is 24.4. The lowest BCUT2D eigenvalue weighted by atomic mass is 9.99. The Kier molecular flexibility index (Phi) is 16.4. The molecular weight excluding hydrogens is 1330 g/mol. The van der Waals surface area contributed by atoms with Crippen molar-refractivity contribution >= 4 is 85.3 Å². The first-order valence-electron chi connectivity index (χ1n) is 35.0. The van der Waals surface area contributed by atoms with E-state index >= 15 is 0 Å². The molecule has 0 amide bonds. The number of benzene rings is 13. The number of nitrogens with zero attached hydrogens (tertiary/aromatic N) is 10. The summed E-state index contributed by atoms with van der Waals surface area (Å²) in [5.74, 6) is 3.83. The van der Waals surface area contributed by atoms with Crippen molar-refractivity contribution < 1.29 is 0 Å². The van der Waals surface area contributed by atoms with Crippen LogP contribution in [0.15, 0.2) is 352 Å². The second-order valence-corrected chi connectivity index (χ2v) is 27.9. The molecule has 0 bridgehead atoms. The minimum absolute atomic E-state index is 0.631. The molecule has 0 atom stereocenters. The SMILES string of the molecule is c1ccc(-c2ccc(-c3nc(-c4ccccc4)nc(-c4ccc(-c5ccc(-c6ccc7nc8sc9ccccc9c8nc7c6)cc5)cc4)n3)cc2)cc1.c1ccc(-c2ccc(-c3nc(-c4ccccc4)nc(-c4ccc(-c5ccc(-c6nc7ncccc7c7c6sc6ccccc67)cc5)cc4)n3)cc2)cc1. The largest absolute Gasteiger partial charge is 0.243 e. The maximum Gasteiger partial charge on any atom is 0.164 e. The minimum atomic E-state index is 0.631. The fourth-order valence-electron chi connectivity index (χ4n) is 13.7. The third-order valence-electron chi connectivity index (χ3n) is 19.2. The van der Waals surface area contributed by atoms with Gasteiger partial charge in [-0.25, -0.2) is 49.8 Å². The van der Waals surface area contributed by atoms with E-state index in [2.05, 4.69) is 272 Å². The van der Waals surface area contributed by atoms with Gasteiger partial charge in [0.05, 0.1) is 21.4 Å². The highest BCUT2D eigenvalue weighted by atomic mass is 32.1. The first kappa shape index (κ1) is 63.2. The van der Waals surface area contributed by atoms with E-state index in [9.17, 15) is 0 Å². The fraction of sp³-hybridized carbons (Fsp3) is 0. The molecular formula is C94H58N10S2. The molecule has 106 heavy (non-hydrogen) atoms. The van der Waals surface area contributed by atoms with Crippen LogP contribution in [-0.4, -0.2) is 49.8 Å². The molecule has 0 aliphatic heterocycles. The van der Waals surface area contributed by atoms with Crippen LogP contribution < -0.4 is 0 Å². The van der Waals surface area contributed by atoms with Crippen molar-refractivity contribution in [3.8, 4) is 135 Å². The summed E-state index contributed by atoms with van der Waals surface area (Å²) in [7, 11) is 0. The van der Waals surface area contributed by atoms with Gasteiger partial charge in [-0.1, -0.05) is 309 Å². The van der Waals surface area contributed by atoms with Crippen LogP contribution in [0, 0.1) is 0 Å². The lowest BCUT2D eigenvalue weighted by Gasteiger charge is -2.10. The standard InChI is InChI=1S/2C47H29N5S/c1-3-10-30(11-4-1)31-19-25-36(26-20-31)45-50-44(35-12-5-2-6-13-35)51-46(52-45)37-27-21-33(22-28-37)32-17-23-34(24-18-32)42-43-41(38-14-7-8-16-40(38)53-43)39-15-9-29-48-47(39)49-42;1-3-9-30(10-4-1)31-19-23-36(24-20-31)45-50-44(35-11-5-2-6-12-35)51-46(52-45)37-25-21-33(22-26-37)32-15-17-34(18-16-32)38-27-28-40-41(29-38)48-43-39-13-7-8-14-42(39)53-47(43)49-40/h2*1-29H. The summed E-state index contributed by atoms with van der Waals surface area (Å²) in [5.41, 5.74) is 22.5.